The number of phenols is 1. The average Bonchev–Trinajstić information content (AvgIpc) is 2.15. The fraction of sp³-hybridized carbons (Fsp3) is 0.333. The van der Waals surface area contributed by atoms with E-state index in [0.29, 0.717) is 6.42 Å². The van der Waals surface area contributed by atoms with E-state index >= 15 is 0 Å². The predicted octanol–water partition coefficient (Wildman–Crippen LogP) is 1.42. The van der Waals surface area contributed by atoms with Crippen LogP contribution < -0.4 is 0 Å². The highest BCUT2D eigenvalue weighted by atomic mass is 16.9. The molecule has 76 valence electrons. The summed E-state index contributed by atoms with van der Waals surface area (Å²) < 4.78 is 0. The Kier molecular flexibility index (Phi) is 3.72. The Morgan fingerprint density at radius 3 is 2.50 bits per heavy atom. The van der Waals surface area contributed by atoms with Gasteiger partial charge in [-0.15, -0.1) is 0 Å². The number of rotatable bonds is 5. The van der Waals surface area contributed by atoms with Crippen molar-refractivity contribution in [3.63, 3.8) is 0 Å². The van der Waals surface area contributed by atoms with Crippen LogP contribution in [0.25, 0.3) is 0 Å². The highest BCUT2D eigenvalue weighted by Gasteiger charge is 2.03. The molecular formula is C9H12NO4+. The number of benzene rings is 1. The minimum Gasteiger partial charge on any atom is -0.508 e. The summed E-state index contributed by atoms with van der Waals surface area (Å²) in [6.45, 7) is 0.168. The van der Waals surface area contributed by atoms with Crippen LogP contribution in [0.2, 0.25) is 0 Å². The Balaban J connectivity index is 2.25. The van der Waals surface area contributed by atoms with Crippen molar-refractivity contribution in [3.8, 4) is 5.75 Å². The molecule has 1 rings (SSSR count). The fourth-order valence-electron chi connectivity index (χ4n) is 1.08. The Labute approximate surface area is 81.0 Å². The lowest BCUT2D eigenvalue weighted by Crippen LogP contribution is -2.05. The topological polar surface area (TPSA) is 69.8 Å². The second kappa shape index (κ2) is 5.06. The first-order valence-corrected chi connectivity index (χ1v) is 4.25. The summed E-state index contributed by atoms with van der Waals surface area (Å²) in [7, 11) is 0. The smallest absolute Gasteiger partial charge is 0.475 e. The molecule has 0 radical (unpaired) electrons. The van der Waals surface area contributed by atoms with Crippen molar-refractivity contribution >= 4 is 0 Å². The van der Waals surface area contributed by atoms with Gasteiger partial charge in [0.1, 0.15) is 10.7 Å². The van der Waals surface area contributed by atoms with Gasteiger partial charge in [0, 0.05) is 0 Å². The van der Waals surface area contributed by atoms with Gasteiger partial charge in [-0.3, -0.25) is 0 Å². The number of hydrogen-bond acceptors (Lipinski definition) is 3. The third kappa shape index (κ3) is 3.75. The van der Waals surface area contributed by atoms with Crippen molar-refractivity contribution in [1.82, 2.24) is 0 Å². The molecule has 0 aliphatic rings. The van der Waals surface area contributed by atoms with Crippen molar-refractivity contribution in [2.45, 2.75) is 12.8 Å². The summed E-state index contributed by atoms with van der Waals surface area (Å²) in [5.74, 6) is 0.228. The molecular weight excluding hydrogens is 186 g/mol. The molecule has 0 amide bonds. The minimum absolute atomic E-state index is 0.168. The average molecular weight is 198 g/mol. The molecule has 0 atom stereocenters. The van der Waals surface area contributed by atoms with E-state index in [9.17, 15) is 4.91 Å². The van der Waals surface area contributed by atoms with Gasteiger partial charge in [-0.1, -0.05) is 12.1 Å². The van der Waals surface area contributed by atoms with Crippen molar-refractivity contribution < 1.29 is 20.2 Å². The summed E-state index contributed by atoms with van der Waals surface area (Å²) in [4.78, 5) is 14.2. The molecule has 5 heteroatoms. The SMILES string of the molecule is O=[N+](O)OCCCc1ccc(O)cc1. The maximum atomic E-state index is 9.92. The van der Waals surface area contributed by atoms with Crippen LogP contribution in [0, 0.1) is 4.91 Å². The molecule has 2 N–H and O–H groups in total. The standard InChI is InChI=1S/C9H11NO4/c11-9-5-3-8(4-6-9)2-1-7-14-10(12)13/h3-6H,1-2,7H2,(H-,11,12,13)/p+1. The van der Waals surface area contributed by atoms with Crippen LogP contribution >= 0.6 is 0 Å². The lowest BCUT2D eigenvalue weighted by atomic mass is 10.1. The van der Waals surface area contributed by atoms with Gasteiger partial charge in [0.2, 0.25) is 0 Å². The zero-order valence-electron chi connectivity index (χ0n) is 7.59. The first-order valence-electron chi connectivity index (χ1n) is 4.25. The Bertz CT molecular complexity index is 296. The van der Waals surface area contributed by atoms with E-state index in [2.05, 4.69) is 4.84 Å². The van der Waals surface area contributed by atoms with Crippen molar-refractivity contribution in [2.75, 3.05) is 6.61 Å². The maximum absolute atomic E-state index is 9.92. The molecule has 0 heterocycles. The van der Waals surface area contributed by atoms with Gasteiger partial charge in [0.15, 0.2) is 6.61 Å². The Morgan fingerprint density at radius 2 is 1.93 bits per heavy atom. The quantitative estimate of drug-likeness (QED) is 0.554. The van der Waals surface area contributed by atoms with Crippen LogP contribution in [0.4, 0.5) is 0 Å². The molecule has 0 bridgehead atoms. The van der Waals surface area contributed by atoms with E-state index in [0.717, 1.165) is 12.0 Å². The first-order chi connectivity index (χ1) is 6.68. The second-order valence-electron chi connectivity index (χ2n) is 2.84. The Morgan fingerprint density at radius 1 is 1.29 bits per heavy atom. The van der Waals surface area contributed by atoms with Gasteiger partial charge >= 0.3 is 5.09 Å². The summed E-state index contributed by atoms with van der Waals surface area (Å²) in [5.41, 5.74) is 1.04. The van der Waals surface area contributed by atoms with Crippen LogP contribution in [0.5, 0.6) is 5.75 Å². The summed E-state index contributed by atoms with van der Waals surface area (Å²) in [6.07, 6.45) is 1.36. The molecule has 1 aromatic carbocycles. The normalized spacial score (nSPS) is 9.71. The molecule has 1 aromatic rings. The molecule has 0 aromatic heterocycles. The number of aromatic hydroxyl groups is 1. The highest BCUT2D eigenvalue weighted by molar-refractivity contribution is 5.25. The zero-order valence-corrected chi connectivity index (χ0v) is 7.59. The third-order valence-electron chi connectivity index (χ3n) is 1.75. The van der Waals surface area contributed by atoms with Crippen molar-refractivity contribution in [2.24, 2.45) is 0 Å². The van der Waals surface area contributed by atoms with Gasteiger partial charge in [0.25, 0.3) is 0 Å². The third-order valence-corrected chi connectivity index (χ3v) is 1.75. The molecule has 0 spiro atoms. The van der Waals surface area contributed by atoms with E-state index in [1.54, 1.807) is 24.3 Å². The number of phenolic OH excluding ortho intramolecular Hbond substituents is 1. The van der Waals surface area contributed by atoms with Crippen LogP contribution in [0.15, 0.2) is 24.3 Å². The molecule has 0 fully saturated rings. The number of nitrogens with zero attached hydrogens (tertiary/aromatic N) is 1. The molecule has 5 nitrogen and oxygen atoms in total. The van der Waals surface area contributed by atoms with Crippen molar-refractivity contribution in [1.29, 1.82) is 0 Å². The number of aryl methyl sites for hydroxylation is 1. The van der Waals surface area contributed by atoms with Gasteiger partial charge in [0.05, 0.1) is 0 Å². The van der Waals surface area contributed by atoms with Crippen LogP contribution in [-0.2, 0) is 11.3 Å². The van der Waals surface area contributed by atoms with Gasteiger partial charge in [-0.25, -0.2) is 5.21 Å². The van der Waals surface area contributed by atoms with Gasteiger partial charge in [-0.05, 0) is 30.5 Å². The van der Waals surface area contributed by atoms with Gasteiger partial charge < -0.3 is 5.11 Å². The lowest BCUT2D eigenvalue weighted by Gasteiger charge is -1.98. The Hall–Kier alpha value is -1.78. The summed E-state index contributed by atoms with van der Waals surface area (Å²) in [6, 6.07) is 6.79. The van der Waals surface area contributed by atoms with E-state index in [4.69, 9.17) is 10.3 Å². The minimum atomic E-state index is -0.545. The van der Waals surface area contributed by atoms with E-state index in [1.165, 1.54) is 0 Å². The van der Waals surface area contributed by atoms with Crippen LogP contribution in [-0.4, -0.2) is 22.0 Å². The summed E-state index contributed by atoms with van der Waals surface area (Å²) in [5, 5.41) is 16.6. The van der Waals surface area contributed by atoms with Crippen LogP contribution in [0.3, 0.4) is 0 Å². The first kappa shape index (κ1) is 10.3. The zero-order chi connectivity index (χ0) is 10.4. The maximum Gasteiger partial charge on any atom is 0.475 e. The van der Waals surface area contributed by atoms with E-state index in [1.807, 2.05) is 0 Å². The molecule has 0 aliphatic heterocycles. The highest BCUT2D eigenvalue weighted by Crippen LogP contribution is 2.10. The molecule has 14 heavy (non-hydrogen) atoms. The molecule has 0 saturated carbocycles. The molecule has 0 aliphatic carbocycles. The van der Waals surface area contributed by atoms with Crippen molar-refractivity contribution in [3.05, 3.63) is 34.7 Å². The van der Waals surface area contributed by atoms with E-state index < -0.39 is 5.09 Å². The van der Waals surface area contributed by atoms with E-state index in [-0.39, 0.29) is 12.4 Å². The fourth-order valence-corrected chi connectivity index (χ4v) is 1.08. The number of hydrogen-bond donors (Lipinski definition) is 2. The second-order valence-corrected chi connectivity index (χ2v) is 2.84. The molecule has 0 saturated heterocycles. The summed E-state index contributed by atoms with van der Waals surface area (Å²) >= 11 is 0. The van der Waals surface area contributed by atoms with Gasteiger partial charge in [-0.2, -0.15) is 4.84 Å². The van der Waals surface area contributed by atoms with Crippen LogP contribution in [0.1, 0.15) is 12.0 Å². The largest absolute Gasteiger partial charge is 0.508 e. The predicted molar refractivity (Wildman–Crippen MR) is 47.8 cm³/mol. The lowest BCUT2D eigenvalue weighted by molar-refractivity contribution is -0.975. The molecule has 0 unspecified atom stereocenters. The monoisotopic (exact) mass is 198 g/mol.